The lowest BCUT2D eigenvalue weighted by Gasteiger charge is -2.35. The summed E-state index contributed by atoms with van der Waals surface area (Å²) in [7, 11) is 3.21. The molecule has 1 amide bonds. The molecule has 1 aliphatic heterocycles. The van der Waals surface area contributed by atoms with Gasteiger partial charge < -0.3 is 19.1 Å². The van der Waals surface area contributed by atoms with E-state index in [-0.39, 0.29) is 5.91 Å². The van der Waals surface area contributed by atoms with E-state index in [0.717, 1.165) is 30.9 Å². The van der Waals surface area contributed by atoms with Crippen LogP contribution in [0.15, 0.2) is 36.4 Å². The first-order valence-corrected chi connectivity index (χ1v) is 10.0. The third-order valence-electron chi connectivity index (χ3n) is 5.30. The molecule has 0 bridgehead atoms. The summed E-state index contributed by atoms with van der Waals surface area (Å²) in [5, 5.41) is 0. The first kappa shape index (κ1) is 21.0. The number of carbonyl (C=O) groups excluding carboxylic acids is 1. The number of nitrogens with zero attached hydrogens (tertiary/aromatic N) is 2. The lowest BCUT2D eigenvalue weighted by Crippen LogP contribution is -2.48. The highest BCUT2D eigenvalue weighted by Crippen LogP contribution is 2.30. The van der Waals surface area contributed by atoms with Gasteiger partial charge in [0.15, 0.2) is 0 Å². The predicted molar refractivity (Wildman–Crippen MR) is 113 cm³/mol. The highest BCUT2D eigenvalue weighted by Gasteiger charge is 2.24. The molecule has 1 saturated heterocycles. The molecule has 156 valence electrons. The fraction of sp³-hybridized carbons (Fsp3) is 0.435. The average molecular weight is 399 g/mol. The van der Waals surface area contributed by atoms with Crippen LogP contribution in [-0.4, -0.2) is 62.7 Å². The summed E-state index contributed by atoms with van der Waals surface area (Å²) in [5.41, 5.74) is 2.75. The molecule has 1 fully saturated rings. The summed E-state index contributed by atoms with van der Waals surface area (Å²) in [6.45, 7) is 8.55. The smallest absolute Gasteiger partial charge is 0.254 e. The monoisotopic (exact) mass is 398 g/mol. The molecule has 0 N–H and O–H groups in total. The van der Waals surface area contributed by atoms with Crippen molar-refractivity contribution >= 4 is 5.91 Å². The standard InChI is InChI=1S/C23H30N2O4/c1-5-29-20-8-6-18(7-9-20)16-24-10-12-25(13-11-24)23(26)19-14-21(27-3)17(2)22(15-19)28-4/h6-9,14-15H,5,10-13,16H2,1-4H3. The number of benzene rings is 2. The minimum absolute atomic E-state index is 0.0160. The van der Waals surface area contributed by atoms with Crippen LogP contribution in [0.1, 0.15) is 28.4 Å². The molecule has 0 aliphatic carbocycles. The van der Waals surface area contributed by atoms with Crippen molar-refractivity contribution in [3.05, 3.63) is 53.1 Å². The zero-order chi connectivity index (χ0) is 20.8. The highest BCUT2D eigenvalue weighted by molar-refractivity contribution is 5.95. The lowest BCUT2D eigenvalue weighted by atomic mass is 10.1. The van der Waals surface area contributed by atoms with Crippen LogP contribution in [0.5, 0.6) is 17.2 Å². The maximum absolute atomic E-state index is 13.0. The van der Waals surface area contributed by atoms with Crippen LogP contribution < -0.4 is 14.2 Å². The molecular formula is C23H30N2O4. The summed E-state index contributed by atoms with van der Waals surface area (Å²) < 4.78 is 16.3. The van der Waals surface area contributed by atoms with E-state index in [2.05, 4.69) is 17.0 Å². The molecule has 0 saturated carbocycles. The summed E-state index contributed by atoms with van der Waals surface area (Å²) in [5.74, 6) is 2.25. The fourth-order valence-corrected chi connectivity index (χ4v) is 3.62. The first-order chi connectivity index (χ1) is 14.0. The van der Waals surface area contributed by atoms with Gasteiger partial charge >= 0.3 is 0 Å². The van der Waals surface area contributed by atoms with E-state index in [0.29, 0.717) is 36.8 Å². The second kappa shape index (κ2) is 9.65. The van der Waals surface area contributed by atoms with Gasteiger partial charge in [0.05, 0.1) is 20.8 Å². The van der Waals surface area contributed by atoms with Crippen molar-refractivity contribution in [2.24, 2.45) is 0 Å². The van der Waals surface area contributed by atoms with Crippen molar-refractivity contribution in [3.63, 3.8) is 0 Å². The summed E-state index contributed by atoms with van der Waals surface area (Å²) in [4.78, 5) is 17.3. The number of rotatable bonds is 7. The second-order valence-corrected chi connectivity index (χ2v) is 7.15. The van der Waals surface area contributed by atoms with Crippen LogP contribution in [-0.2, 0) is 6.54 Å². The van der Waals surface area contributed by atoms with Crippen LogP contribution >= 0.6 is 0 Å². The van der Waals surface area contributed by atoms with Crippen molar-refractivity contribution in [1.29, 1.82) is 0 Å². The Morgan fingerprint density at radius 2 is 1.55 bits per heavy atom. The quantitative estimate of drug-likeness (QED) is 0.716. The van der Waals surface area contributed by atoms with Crippen molar-refractivity contribution in [1.82, 2.24) is 9.80 Å². The number of carbonyl (C=O) groups is 1. The van der Waals surface area contributed by atoms with E-state index in [1.54, 1.807) is 26.4 Å². The van der Waals surface area contributed by atoms with E-state index in [1.165, 1.54) is 5.56 Å². The van der Waals surface area contributed by atoms with E-state index >= 15 is 0 Å². The summed E-state index contributed by atoms with van der Waals surface area (Å²) >= 11 is 0. The zero-order valence-electron chi connectivity index (χ0n) is 17.7. The third kappa shape index (κ3) is 5.01. The van der Waals surface area contributed by atoms with Gasteiger partial charge in [-0.1, -0.05) is 12.1 Å². The number of hydrogen-bond donors (Lipinski definition) is 0. The van der Waals surface area contributed by atoms with Crippen LogP contribution in [0.4, 0.5) is 0 Å². The third-order valence-corrected chi connectivity index (χ3v) is 5.30. The van der Waals surface area contributed by atoms with Gasteiger partial charge in [-0.2, -0.15) is 0 Å². The zero-order valence-corrected chi connectivity index (χ0v) is 17.7. The van der Waals surface area contributed by atoms with Crippen LogP contribution in [0, 0.1) is 6.92 Å². The molecule has 6 heteroatoms. The predicted octanol–water partition coefficient (Wildman–Crippen LogP) is 3.37. The number of ether oxygens (including phenoxy) is 3. The SMILES string of the molecule is CCOc1ccc(CN2CCN(C(=O)c3cc(OC)c(C)c(OC)c3)CC2)cc1. The van der Waals surface area contributed by atoms with Gasteiger partial charge in [0, 0.05) is 43.9 Å². The Hall–Kier alpha value is -2.73. The number of piperazine rings is 1. The molecule has 2 aromatic rings. The van der Waals surface area contributed by atoms with E-state index in [1.807, 2.05) is 30.9 Å². The first-order valence-electron chi connectivity index (χ1n) is 10.0. The van der Waals surface area contributed by atoms with Crippen molar-refractivity contribution in [2.45, 2.75) is 20.4 Å². The summed E-state index contributed by atoms with van der Waals surface area (Å²) in [6, 6.07) is 11.8. The fourth-order valence-electron chi connectivity index (χ4n) is 3.62. The Labute approximate surface area is 173 Å². The Kier molecular flexibility index (Phi) is 6.99. The topological polar surface area (TPSA) is 51.2 Å². The van der Waals surface area contributed by atoms with E-state index in [9.17, 15) is 4.79 Å². The maximum atomic E-state index is 13.0. The Balaban J connectivity index is 1.59. The van der Waals surface area contributed by atoms with Gasteiger partial charge in [-0.3, -0.25) is 9.69 Å². The Morgan fingerprint density at radius 1 is 0.966 bits per heavy atom. The minimum Gasteiger partial charge on any atom is -0.496 e. The Bertz CT molecular complexity index is 802. The van der Waals surface area contributed by atoms with Crippen LogP contribution in [0.3, 0.4) is 0 Å². The summed E-state index contributed by atoms with van der Waals surface area (Å²) in [6.07, 6.45) is 0. The van der Waals surface area contributed by atoms with E-state index in [4.69, 9.17) is 14.2 Å². The number of hydrogen-bond acceptors (Lipinski definition) is 5. The normalized spacial score (nSPS) is 14.6. The molecule has 0 radical (unpaired) electrons. The van der Waals surface area contributed by atoms with Gasteiger partial charge in [0.1, 0.15) is 17.2 Å². The minimum atomic E-state index is 0.0160. The molecule has 2 aromatic carbocycles. The number of amides is 1. The van der Waals surface area contributed by atoms with Gasteiger partial charge in [0.2, 0.25) is 0 Å². The van der Waals surface area contributed by atoms with Crippen molar-refractivity contribution < 1.29 is 19.0 Å². The van der Waals surface area contributed by atoms with E-state index < -0.39 is 0 Å². The van der Waals surface area contributed by atoms with Crippen LogP contribution in [0.2, 0.25) is 0 Å². The second-order valence-electron chi connectivity index (χ2n) is 7.15. The number of methoxy groups -OCH3 is 2. The molecule has 0 unspecified atom stereocenters. The van der Waals surface area contributed by atoms with Gasteiger partial charge in [-0.05, 0) is 43.7 Å². The maximum Gasteiger partial charge on any atom is 0.254 e. The molecular weight excluding hydrogens is 368 g/mol. The Morgan fingerprint density at radius 3 is 2.07 bits per heavy atom. The van der Waals surface area contributed by atoms with Gasteiger partial charge in [-0.15, -0.1) is 0 Å². The highest BCUT2D eigenvalue weighted by atomic mass is 16.5. The molecule has 1 heterocycles. The molecule has 0 atom stereocenters. The molecule has 6 nitrogen and oxygen atoms in total. The largest absolute Gasteiger partial charge is 0.496 e. The van der Waals surface area contributed by atoms with Gasteiger partial charge in [0.25, 0.3) is 5.91 Å². The van der Waals surface area contributed by atoms with Gasteiger partial charge in [-0.25, -0.2) is 0 Å². The van der Waals surface area contributed by atoms with Crippen LogP contribution in [0.25, 0.3) is 0 Å². The molecule has 0 spiro atoms. The van der Waals surface area contributed by atoms with Crippen molar-refractivity contribution in [2.75, 3.05) is 47.0 Å². The molecule has 29 heavy (non-hydrogen) atoms. The molecule has 1 aliphatic rings. The molecule has 3 rings (SSSR count). The average Bonchev–Trinajstić information content (AvgIpc) is 2.75. The lowest BCUT2D eigenvalue weighted by molar-refractivity contribution is 0.0627. The molecule has 0 aromatic heterocycles. The van der Waals surface area contributed by atoms with Crippen molar-refractivity contribution in [3.8, 4) is 17.2 Å².